The Balaban J connectivity index is 1.79. The maximum atomic E-state index is 12.2. The van der Waals surface area contributed by atoms with Gasteiger partial charge in [-0.2, -0.15) is 0 Å². The number of nitrogens with one attached hydrogen (secondary N) is 2. The summed E-state index contributed by atoms with van der Waals surface area (Å²) < 4.78 is 1.74. The lowest BCUT2D eigenvalue weighted by molar-refractivity contribution is 0.102. The van der Waals surface area contributed by atoms with Crippen LogP contribution in [0.25, 0.3) is 0 Å². The molecule has 3 heterocycles. The number of carbonyl (C=O) groups excluding carboxylic acids is 1. The summed E-state index contributed by atoms with van der Waals surface area (Å²) in [6.45, 7) is 1.80. The molecule has 2 N–H and O–H groups in total. The molecule has 2 aromatic heterocycles. The molecule has 0 spiro atoms. The molecular weight excluding hydrogens is 414 g/mol. The summed E-state index contributed by atoms with van der Waals surface area (Å²) in [4.78, 5) is 17.8. The molecule has 0 bridgehead atoms. The third-order valence-corrected chi connectivity index (χ3v) is 6.08. The van der Waals surface area contributed by atoms with E-state index in [2.05, 4.69) is 47.5 Å². The van der Waals surface area contributed by atoms with Crippen LogP contribution in [0.2, 0.25) is 0 Å². The van der Waals surface area contributed by atoms with E-state index in [0.29, 0.717) is 10.7 Å². The number of hydrogen-bond acceptors (Lipinski definition) is 5. The maximum Gasteiger partial charge on any atom is 0.259 e. The average Bonchev–Trinajstić information content (AvgIpc) is 2.91. The number of aromatic nitrogens is 1. The SMILES string of the molecule is O=C(Nc1nc2c(s1)CNCC2)c1cc(Br)sc1Br. The summed E-state index contributed by atoms with van der Waals surface area (Å²) in [6.07, 6.45) is 0.926. The third-order valence-electron chi connectivity index (χ3n) is 2.72. The Hall–Kier alpha value is -0.280. The van der Waals surface area contributed by atoms with Gasteiger partial charge in [0.25, 0.3) is 5.91 Å². The molecule has 0 saturated heterocycles. The van der Waals surface area contributed by atoms with Crippen molar-refractivity contribution >= 4 is 65.6 Å². The van der Waals surface area contributed by atoms with E-state index in [1.165, 1.54) is 16.2 Å². The fourth-order valence-corrected chi connectivity index (χ4v) is 5.60. The lowest BCUT2D eigenvalue weighted by Gasteiger charge is -2.09. The topological polar surface area (TPSA) is 54.0 Å². The van der Waals surface area contributed by atoms with E-state index >= 15 is 0 Å². The van der Waals surface area contributed by atoms with E-state index in [4.69, 9.17) is 0 Å². The Bertz CT molecular complexity index is 614. The number of rotatable bonds is 2. The summed E-state index contributed by atoms with van der Waals surface area (Å²) in [5.41, 5.74) is 1.73. The van der Waals surface area contributed by atoms with E-state index in [9.17, 15) is 4.79 Å². The zero-order valence-electron chi connectivity index (χ0n) is 9.63. The lowest BCUT2D eigenvalue weighted by atomic mass is 10.2. The third kappa shape index (κ3) is 2.92. The molecule has 4 nitrogen and oxygen atoms in total. The molecule has 3 rings (SSSR count). The number of hydrogen-bond donors (Lipinski definition) is 2. The molecule has 8 heteroatoms. The van der Waals surface area contributed by atoms with Crippen LogP contribution in [0.4, 0.5) is 5.13 Å². The predicted molar refractivity (Wildman–Crippen MR) is 85.2 cm³/mol. The summed E-state index contributed by atoms with van der Waals surface area (Å²) in [5.74, 6) is -0.132. The van der Waals surface area contributed by atoms with Gasteiger partial charge in [0.05, 0.1) is 18.8 Å². The molecule has 0 saturated carbocycles. The highest BCUT2D eigenvalue weighted by molar-refractivity contribution is 9.12. The minimum atomic E-state index is -0.132. The highest BCUT2D eigenvalue weighted by atomic mass is 79.9. The van der Waals surface area contributed by atoms with Gasteiger partial charge in [0.2, 0.25) is 0 Å². The number of thiazole rings is 1. The van der Waals surface area contributed by atoms with Gasteiger partial charge in [-0.3, -0.25) is 10.1 Å². The Morgan fingerprint density at radius 2 is 2.26 bits per heavy atom. The first-order valence-corrected chi connectivity index (χ1v) is 8.81. The van der Waals surface area contributed by atoms with Crippen molar-refractivity contribution in [1.29, 1.82) is 0 Å². The van der Waals surface area contributed by atoms with Crippen LogP contribution >= 0.6 is 54.5 Å². The second-order valence-corrected chi connectivity index (χ2v) is 8.84. The molecule has 1 amide bonds. The molecule has 1 aliphatic heterocycles. The van der Waals surface area contributed by atoms with E-state index in [1.807, 2.05) is 0 Å². The maximum absolute atomic E-state index is 12.2. The van der Waals surface area contributed by atoms with Crippen LogP contribution in [-0.2, 0) is 13.0 Å². The van der Waals surface area contributed by atoms with Gasteiger partial charge < -0.3 is 5.32 Å². The van der Waals surface area contributed by atoms with Crippen molar-refractivity contribution in [2.24, 2.45) is 0 Å². The van der Waals surface area contributed by atoms with E-state index in [-0.39, 0.29) is 5.91 Å². The second kappa shape index (κ2) is 5.61. The van der Waals surface area contributed by atoms with Crippen LogP contribution in [-0.4, -0.2) is 17.4 Å². The minimum absolute atomic E-state index is 0.132. The number of anilines is 1. The van der Waals surface area contributed by atoms with Crippen molar-refractivity contribution in [3.63, 3.8) is 0 Å². The van der Waals surface area contributed by atoms with Crippen molar-refractivity contribution < 1.29 is 4.79 Å². The molecule has 0 fully saturated rings. The van der Waals surface area contributed by atoms with E-state index in [1.54, 1.807) is 17.4 Å². The van der Waals surface area contributed by atoms with Crippen molar-refractivity contribution in [3.05, 3.63) is 29.8 Å². The molecule has 2 aromatic rings. The smallest absolute Gasteiger partial charge is 0.259 e. The molecule has 19 heavy (non-hydrogen) atoms. The molecule has 0 radical (unpaired) electrons. The monoisotopic (exact) mass is 421 g/mol. The summed E-state index contributed by atoms with van der Waals surface area (Å²) in [7, 11) is 0. The summed E-state index contributed by atoms with van der Waals surface area (Å²) in [5, 5.41) is 6.84. The van der Waals surface area contributed by atoms with Crippen LogP contribution in [0.1, 0.15) is 20.9 Å². The fraction of sp³-hybridized carbons (Fsp3) is 0.273. The molecular formula is C11H9Br2N3OS2. The van der Waals surface area contributed by atoms with Crippen molar-refractivity contribution in [3.8, 4) is 0 Å². The van der Waals surface area contributed by atoms with Crippen LogP contribution in [0.3, 0.4) is 0 Å². The molecule has 100 valence electrons. The Labute approximate surface area is 134 Å². The average molecular weight is 423 g/mol. The number of amides is 1. The first-order chi connectivity index (χ1) is 9.13. The Kier molecular flexibility index (Phi) is 4.04. The number of nitrogens with zero attached hydrogens (tertiary/aromatic N) is 1. The van der Waals surface area contributed by atoms with Crippen LogP contribution < -0.4 is 10.6 Å². The minimum Gasteiger partial charge on any atom is -0.311 e. The van der Waals surface area contributed by atoms with Gasteiger partial charge in [0.15, 0.2) is 5.13 Å². The van der Waals surface area contributed by atoms with Crippen LogP contribution in [0.15, 0.2) is 13.6 Å². The number of carbonyl (C=O) groups is 1. The second-order valence-electron chi connectivity index (χ2n) is 4.01. The number of halogens is 2. The molecule has 1 aliphatic rings. The standard InChI is InChI=1S/C11H9Br2N3OS2/c12-8-3-5(9(13)19-8)10(17)16-11-15-6-1-2-14-4-7(6)18-11/h3,14H,1-2,4H2,(H,15,16,17). The quantitative estimate of drug-likeness (QED) is 0.776. The highest BCUT2D eigenvalue weighted by Crippen LogP contribution is 2.33. The van der Waals surface area contributed by atoms with Gasteiger partial charge >= 0.3 is 0 Å². The zero-order valence-corrected chi connectivity index (χ0v) is 14.4. The molecule has 0 atom stereocenters. The van der Waals surface area contributed by atoms with E-state index < -0.39 is 0 Å². The highest BCUT2D eigenvalue weighted by Gasteiger charge is 2.18. The lowest BCUT2D eigenvalue weighted by Crippen LogP contribution is -2.22. The van der Waals surface area contributed by atoms with Gasteiger partial charge in [-0.15, -0.1) is 22.7 Å². The number of fused-ring (bicyclic) bond motifs is 1. The van der Waals surface area contributed by atoms with E-state index in [0.717, 1.165) is 32.8 Å². The summed E-state index contributed by atoms with van der Waals surface area (Å²) >= 11 is 9.78. The van der Waals surface area contributed by atoms with Gasteiger partial charge in [-0.1, -0.05) is 0 Å². The number of thiophene rings is 1. The predicted octanol–water partition coefficient (Wildman–Crippen LogP) is 3.63. The van der Waals surface area contributed by atoms with Crippen LogP contribution in [0.5, 0.6) is 0 Å². The van der Waals surface area contributed by atoms with Gasteiger partial charge in [0.1, 0.15) is 0 Å². The Morgan fingerprint density at radius 3 is 2.95 bits per heavy atom. The van der Waals surface area contributed by atoms with Crippen LogP contribution in [0, 0.1) is 0 Å². The molecule has 0 aliphatic carbocycles. The van der Waals surface area contributed by atoms with Gasteiger partial charge in [-0.25, -0.2) is 4.98 Å². The van der Waals surface area contributed by atoms with Gasteiger partial charge in [-0.05, 0) is 37.9 Å². The fourth-order valence-electron chi connectivity index (χ4n) is 1.84. The first kappa shape index (κ1) is 13.7. The van der Waals surface area contributed by atoms with Gasteiger partial charge in [0, 0.05) is 24.4 Å². The van der Waals surface area contributed by atoms with Crippen molar-refractivity contribution in [2.75, 3.05) is 11.9 Å². The largest absolute Gasteiger partial charge is 0.311 e. The summed E-state index contributed by atoms with van der Waals surface area (Å²) in [6, 6.07) is 1.80. The van der Waals surface area contributed by atoms with Crippen molar-refractivity contribution in [1.82, 2.24) is 10.3 Å². The zero-order chi connectivity index (χ0) is 13.4. The first-order valence-electron chi connectivity index (χ1n) is 5.59. The van der Waals surface area contributed by atoms with Crippen molar-refractivity contribution in [2.45, 2.75) is 13.0 Å². The normalized spacial score (nSPS) is 14.2. The Morgan fingerprint density at radius 1 is 1.42 bits per heavy atom. The molecule has 0 aromatic carbocycles. The molecule has 0 unspecified atom stereocenters.